The van der Waals surface area contributed by atoms with E-state index in [4.69, 9.17) is 9.26 Å². The maximum absolute atomic E-state index is 5.20. The lowest BCUT2D eigenvalue weighted by Crippen LogP contribution is -2.04. The Balaban J connectivity index is 1.62. The number of anilines is 1. The van der Waals surface area contributed by atoms with Gasteiger partial charge in [-0.1, -0.05) is 17.3 Å². The van der Waals surface area contributed by atoms with Gasteiger partial charge >= 0.3 is 6.01 Å². The Kier molecular flexibility index (Phi) is 4.16. The molecule has 3 rings (SSSR count). The lowest BCUT2D eigenvalue weighted by molar-refractivity contribution is 0.414. The second-order valence-corrected chi connectivity index (χ2v) is 5.24. The molecule has 6 heteroatoms. The van der Waals surface area contributed by atoms with Gasteiger partial charge < -0.3 is 14.6 Å². The molecule has 3 aromatic rings. The van der Waals surface area contributed by atoms with E-state index in [1.54, 1.807) is 18.4 Å². The number of methoxy groups -OCH3 is 1. The van der Waals surface area contributed by atoms with Crippen LogP contribution < -0.4 is 10.1 Å². The lowest BCUT2D eigenvalue weighted by atomic mass is 10.2. The summed E-state index contributed by atoms with van der Waals surface area (Å²) in [6.07, 6.45) is 0.931. The second-order valence-electron chi connectivity index (χ2n) is 4.46. The number of nitrogens with one attached hydrogen (secondary N) is 1. The fraction of sp³-hybridized carbons (Fsp3) is 0.200. The molecule has 0 bridgehead atoms. The summed E-state index contributed by atoms with van der Waals surface area (Å²) in [4.78, 5) is 4.33. The molecule has 0 unspecified atom stereocenters. The van der Waals surface area contributed by atoms with Gasteiger partial charge in [-0.3, -0.25) is 0 Å². The van der Waals surface area contributed by atoms with Crippen LogP contribution in [0.1, 0.15) is 5.56 Å². The van der Waals surface area contributed by atoms with Gasteiger partial charge in [-0.2, -0.15) is 16.3 Å². The van der Waals surface area contributed by atoms with Crippen LogP contribution in [0.2, 0.25) is 0 Å². The standard InChI is InChI=1S/C15H15N3O2S/c1-19-13-4-2-3-12(9-13)14-17-15(20-18-14)16-7-5-11-6-8-21-10-11/h2-4,6,8-10H,5,7H2,1H3,(H,16,17,18). The minimum absolute atomic E-state index is 0.433. The Morgan fingerprint density at radius 3 is 3.10 bits per heavy atom. The molecule has 1 N–H and O–H groups in total. The van der Waals surface area contributed by atoms with Gasteiger partial charge in [0.1, 0.15) is 5.75 Å². The zero-order valence-electron chi connectivity index (χ0n) is 11.6. The van der Waals surface area contributed by atoms with Crippen molar-refractivity contribution in [2.24, 2.45) is 0 Å². The average molecular weight is 301 g/mol. The maximum Gasteiger partial charge on any atom is 0.321 e. The van der Waals surface area contributed by atoms with Gasteiger partial charge in [0.2, 0.25) is 5.82 Å². The van der Waals surface area contributed by atoms with Gasteiger partial charge in [-0.25, -0.2) is 0 Å². The summed E-state index contributed by atoms with van der Waals surface area (Å²) in [6.45, 7) is 0.760. The topological polar surface area (TPSA) is 60.2 Å². The average Bonchev–Trinajstić information content (AvgIpc) is 3.19. The van der Waals surface area contributed by atoms with Gasteiger partial charge in [-0.15, -0.1) is 0 Å². The summed E-state index contributed by atoms with van der Waals surface area (Å²) >= 11 is 1.70. The molecule has 21 heavy (non-hydrogen) atoms. The number of rotatable bonds is 6. The first kappa shape index (κ1) is 13.6. The molecule has 2 heterocycles. The van der Waals surface area contributed by atoms with Gasteiger partial charge in [0, 0.05) is 12.1 Å². The molecular weight excluding hydrogens is 286 g/mol. The third-order valence-electron chi connectivity index (χ3n) is 3.02. The molecule has 0 saturated heterocycles. The van der Waals surface area contributed by atoms with Crippen molar-refractivity contribution in [3.8, 4) is 17.1 Å². The molecule has 0 radical (unpaired) electrons. The van der Waals surface area contributed by atoms with Crippen molar-refractivity contribution < 1.29 is 9.26 Å². The van der Waals surface area contributed by atoms with Crippen LogP contribution in [0, 0.1) is 0 Å². The van der Waals surface area contributed by atoms with E-state index in [-0.39, 0.29) is 0 Å². The van der Waals surface area contributed by atoms with E-state index in [2.05, 4.69) is 32.3 Å². The van der Waals surface area contributed by atoms with E-state index < -0.39 is 0 Å². The van der Waals surface area contributed by atoms with Crippen molar-refractivity contribution in [1.29, 1.82) is 0 Å². The predicted octanol–water partition coefficient (Wildman–Crippen LogP) is 3.46. The Hall–Kier alpha value is -2.34. The molecule has 1 aromatic carbocycles. The van der Waals surface area contributed by atoms with Gasteiger partial charge in [0.15, 0.2) is 0 Å². The van der Waals surface area contributed by atoms with Crippen molar-refractivity contribution in [3.05, 3.63) is 46.7 Å². The monoisotopic (exact) mass is 301 g/mol. The molecule has 0 saturated carbocycles. The van der Waals surface area contributed by atoms with E-state index in [9.17, 15) is 0 Å². The number of aromatic nitrogens is 2. The highest BCUT2D eigenvalue weighted by Gasteiger charge is 2.08. The Morgan fingerprint density at radius 1 is 1.33 bits per heavy atom. The summed E-state index contributed by atoms with van der Waals surface area (Å²) < 4.78 is 10.4. The Morgan fingerprint density at radius 2 is 2.29 bits per heavy atom. The zero-order chi connectivity index (χ0) is 14.5. The second kappa shape index (κ2) is 6.41. The molecule has 0 amide bonds. The van der Waals surface area contributed by atoms with E-state index >= 15 is 0 Å². The summed E-state index contributed by atoms with van der Waals surface area (Å²) in [6, 6.07) is 10.1. The number of ether oxygens (including phenoxy) is 1. The minimum atomic E-state index is 0.433. The lowest BCUT2D eigenvalue weighted by Gasteiger charge is -2.00. The third kappa shape index (κ3) is 3.41. The van der Waals surface area contributed by atoms with Crippen LogP contribution in [0.3, 0.4) is 0 Å². The predicted molar refractivity (Wildman–Crippen MR) is 82.8 cm³/mol. The molecule has 0 aliphatic rings. The normalized spacial score (nSPS) is 10.5. The Bertz CT molecular complexity index is 695. The number of hydrogen-bond acceptors (Lipinski definition) is 6. The van der Waals surface area contributed by atoms with Crippen LogP contribution >= 0.6 is 11.3 Å². The fourth-order valence-electron chi connectivity index (χ4n) is 1.92. The molecule has 2 aromatic heterocycles. The van der Waals surface area contributed by atoms with Gasteiger partial charge in [0.25, 0.3) is 0 Å². The smallest absolute Gasteiger partial charge is 0.321 e. The van der Waals surface area contributed by atoms with E-state index in [1.165, 1.54) is 5.56 Å². The minimum Gasteiger partial charge on any atom is -0.497 e. The number of benzene rings is 1. The van der Waals surface area contributed by atoms with Gasteiger partial charge in [-0.05, 0) is 40.9 Å². The van der Waals surface area contributed by atoms with Crippen LogP contribution in [0.15, 0.2) is 45.6 Å². The molecule has 0 atom stereocenters. The number of nitrogens with zero attached hydrogens (tertiary/aromatic N) is 2. The van der Waals surface area contributed by atoms with Crippen LogP contribution in [0.4, 0.5) is 6.01 Å². The fourth-order valence-corrected chi connectivity index (χ4v) is 2.63. The summed E-state index contributed by atoms with van der Waals surface area (Å²) in [5, 5.41) is 11.3. The van der Waals surface area contributed by atoms with Crippen LogP contribution in [0.25, 0.3) is 11.4 Å². The molecule has 0 spiro atoms. The first-order valence-corrected chi connectivity index (χ1v) is 7.52. The SMILES string of the molecule is COc1cccc(-c2noc(NCCc3ccsc3)n2)c1. The largest absolute Gasteiger partial charge is 0.497 e. The van der Waals surface area contributed by atoms with Crippen molar-refractivity contribution in [3.63, 3.8) is 0 Å². The molecule has 0 aliphatic heterocycles. The highest BCUT2D eigenvalue weighted by atomic mass is 32.1. The maximum atomic E-state index is 5.20. The van der Waals surface area contributed by atoms with E-state index in [1.807, 2.05) is 24.3 Å². The molecule has 0 aliphatic carbocycles. The van der Waals surface area contributed by atoms with E-state index in [0.717, 1.165) is 24.3 Å². The van der Waals surface area contributed by atoms with E-state index in [0.29, 0.717) is 11.8 Å². The summed E-state index contributed by atoms with van der Waals surface area (Å²) in [5.41, 5.74) is 2.17. The first-order valence-electron chi connectivity index (χ1n) is 6.58. The van der Waals surface area contributed by atoms with Crippen molar-refractivity contribution in [2.45, 2.75) is 6.42 Å². The third-order valence-corrected chi connectivity index (χ3v) is 3.76. The first-order chi connectivity index (χ1) is 10.3. The number of hydrogen-bond donors (Lipinski definition) is 1. The quantitative estimate of drug-likeness (QED) is 0.755. The van der Waals surface area contributed by atoms with Crippen molar-refractivity contribution in [2.75, 3.05) is 19.0 Å². The van der Waals surface area contributed by atoms with Crippen LogP contribution in [0.5, 0.6) is 5.75 Å². The summed E-state index contributed by atoms with van der Waals surface area (Å²) in [5.74, 6) is 1.32. The molecule has 108 valence electrons. The molecule has 0 fully saturated rings. The summed E-state index contributed by atoms with van der Waals surface area (Å²) in [7, 11) is 1.63. The molecule has 5 nitrogen and oxygen atoms in total. The highest BCUT2D eigenvalue weighted by molar-refractivity contribution is 7.07. The van der Waals surface area contributed by atoms with Crippen molar-refractivity contribution in [1.82, 2.24) is 10.1 Å². The van der Waals surface area contributed by atoms with Crippen molar-refractivity contribution >= 4 is 17.4 Å². The zero-order valence-corrected chi connectivity index (χ0v) is 12.4. The highest BCUT2D eigenvalue weighted by Crippen LogP contribution is 2.22. The van der Waals surface area contributed by atoms with Crippen LogP contribution in [-0.2, 0) is 6.42 Å². The number of thiophene rings is 1. The molecular formula is C15H15N3O2S. The van der Waals surface area contributed by atoms with Gasteiger partial charge in [0.05, 0.1) is 7.11 Å². The van der Waals surface area contributed by atoms with Crippen LogP contribution in [-0.4, -0.2) is 23.8 Å². The Labute approximate surface area is 126 Å².